The molecule has 0 aromatic heterocycles. The minimum absolute atomic E-state index is 0.582. The predicted molar refractivity (Wildman–Crippen MR) is 65.2 cm³/mol. The SMILES string of the molecule is CCCCOP(C)(=O)c1cccc(C)c1. The predicted octanol–water partition coefficient (Wildman–Crippen LogP) is 3.34. The highest BCUT2D eigenvalue weighted by molar-refractivity contribution is 7.66. The summed E-state index contributed by atoms with van der Waals surface area (Å²) >= 11 is 0. The van der Waals surface area contributed by atoms with Gasteiger partial charge in [-0.3, -0.25) is 4.57 Å². The highest BCUT2D eigenvalue weighted by Gasteiger charge is 2.18. The first-order valence-corrected chi connectivity index (χ1v) is 7.43. The molecule has 0 heterocycles. The summed E-state index contributed by atoms with van der Waals surface area (Å²) in [5.41, 5.74) is 1.12. The molecule has 1 unspecified atom stereocenters. The van der Waals surface area contributed by atoms with Gasteiger partial charge in [0.2, 0.25) is 7.37 Å². The Bertz CT molecular complexity index is 360. The molecule has 3 heteroatoms. The monoisotopic (exact) mass is 226 g/mol. The van der Waals surface area contributed by atoms with E-state index < -0.39 is 7.37 Å². The fourth-order valence-corrected chi connectivity index (χ4v) is 2.76. The first kappa shape index (κ1) is 12.5. The van der Waals surface area contributed by atoms with Crippen LogP contribution in [-0.2, 0) is 9.09 Å². The summed E-state index contributed by atoms with van der Waals surface area (Å²) in [6.07, 6.45) is 2.03. The Balaban J connectivity index is 2.72. The van der Waals surface area contributed by atoms with Gasteiger partial charge in [0.05, 0.1) is 6.61 Å². The molecule has 0 amide bonds. The van der Waals surface area contributed by atoms with Gasteiger partial charge < -0.3 is 4.52 Å². The largest absolute Gasteiger partial charge is 0.325 e. The Morgan fingerprint density at radius 2 is 2.13 bits per heavy atom. The molecular formula is C12H19O2P. The quantitative estimate of drug-likeness (QED) is 0.568. The van der Waals surface area contributed by atoms with Crippen LogP contribution in [0.5, 0.6) is 0 Å². The highest BCUT2D eigenvalue weighted by atomic mass is 31.2. The molecule has 0 N–H and O–H groups in total. The highest BCUT2D eigenvalue weighted by Crippen LogP contribution is 2.41. The second-order valence-electron chi connectivity index (χ2n) is 3.87. The smallest absolute Gasteiger partial charge is 0.229 e. The van der Waals surface area contributed by atoms with Gasteiger partial charge in [0, 0.05) is 12.0 Å². The van der Waals surface area contributed by atoms with Crippen molar-refractivity contribution in [2.24, 2.45) is 0 Å². The molecule has 1 aromatic carbocycles. The topological polar surface area (TPSA) is 26.3 Å². The molecule has 1 aromatic rings. The van der Waals surface area contributed by atoms with Gasteiger partial charge in [0.25, 0.3) is 0 Å². The molecule has 1 atom stereocenters. The van der Waals surface area contributed by atoms with Gasteiger partial charge in [0.15, 0.2) is 0 Å². The summed E-state index contributed by atoms with van der Waals surface area (Å²) in [4.78, 5) is 0. The number of rotatable bonds is 5. The molecule has 0 aliphatic rings. The lowest BCUT2D eigenvalue weighted by molar-refractivity contribution is 0.316. The Kier molecular flexibility index (Phi) is 4.56. The minimum atomic E-state index is -2.60. The zero-order chi connectivity index (χ0) is 11.3. The molecular weight excluding hydrogens is 207 g/mol. The fraction of sp³-hybridized carbons (Fsp3) is 0.500. The van der Waals surface area contributed by atoms with Crippen LogP contribution >= 0.6 is 7.37 Å². The average molecular weight is 226 g/mol. The second-order valence-corrected chi connectivity index (χ2v) is 6.34. The Morgan fingerprint density at radius 3 is 2.73 bits per heavy atom. The molecule has 0 fully saturated rings. The number of unbranched alkanes of at least 4 members (excludes halogenated alkanes) is 1. The zero-order valence-electron chi connectivity index (χ0n) is 9.69. The molecule has 15 heavy (non-hydrogen) atoms. The third-order valence-electron chi connectivity index (χ3n) is 2.31. The van der Waals surface area contributed by atoms with Crippen LogP contribution in [0.3, 0.4) is 0 Å². The van der Waals surface area contributed by atoms with Gasteiger partial charge in [-0.1, -0.05) is 31.0 Å². The van der Waals surface area contributed by atoms with Gasteiger partial charge in [-0.2, -0.15) is 0 Å². The number of aryl methyl sites for hydroxylation is 1. The first-order chi connectivity index (χ1) is 7.06. The third kappa shape index (κ3) is 3.81. The van der Waals surface area contributed by atoms with Crippen molar-refractivity contribution >= 4 is 12.7 Å². The number of benzene rings is 1. The molecule has 2 nitrogen and oxygen atoms in total. The minimum Gasteiger partial charge on any atom is -0.325 e. The second kappa shape index (κ2) is 5.48. The Labute approximate surface area is 92.1 Å². The van der Waals surface area contributed by atoms with Crippen LogP contribution in [0.2, 0.25) is 0 Å². The zero-order valence-corrected chi connectivity index (χ0v) is 10.6. The summed E-state index contributed by atoms with van der Waals surface area (Å²) in [6, 6.07) is 7.73. The van der Waals surface area contributed by atoms with Crippen molar-refractivity contribution < 1.29 is 9.09 Å². The fourth-order valence-electron chi connectivity index (χ4n) is 1.34. The average Bonchev–Trinajstić information content (AvgIpc) is 2.18. The molecule has 0 saturated carbocycles. The maximum atomic E-state index is 12.2. The summed E-state index contributed by atoms with van der Waals surface area (Å²) in [6.45, 7) is 6.36. The molecule has 0 radical (unpaired) electrons. The molecule has 84 valence electrons. The van der Waals surface area contributed by atoms with Crippen molar-refractivity contribution in [3.63, 3.8) is 0 Å². The van der Waals surface area contributed by atoms with Crippen LogP contribution < -0.4 is 5.30 Å². The van der Waals surface area contributed by atoms with Crippen molar-refractivity contribution in [2.75, 3.05) is 13.3 Å². The number of hydrogen-bond acceptors (Lipinski definition) is 2. The van der Waals surface area contributed by atoms with Gasteiger partial charge in [-0.15, -0.1) is 0 Å². The lowest BCUT2D eigenvalue weighted by atomic mass is 10.2. The maximum Gasteiger partial charge on any atom is 0.229 e. The van der Waals surface area contributed by atoms with E-state index in [1.54, 1.807) is 6.66 Å². The van der Waals surface area contributed by atoms with Gasteiger partial charge in [-0.25, -0.2) is 0 Å². The van der Waals surface area contributed by atoms with Crippen LogP contribution in [0.25, 0.3) is 0 Å². The van der Waals surface area contributed by atoms with Crippen LogP contribution in [-0.4, -0.2) is 13.3 Å². The Morgan fingerprint density at radius 1 is 1.40 bits per heavy atom. The lowest BCUT2D eigenvalue weighted by Crippen LogP contribution is -2.07. The van der Waals surface area contributed by atoms with Crippen LogP contribution in [0, 0.1) is 6.92 Å². The summed E-state index contributed by atoms with van der Waals surface area (Å²) in [7, 11) is -2.60. The van der Waals surface area contributed by atoms with Crippen molar-refractivity contribution in [3.05, 3.63) is 29.8 Å². The summed E-state index contributed by atoms with van der Waals surface area (Å²) in [5, 5.41) is 0.818. The molecule has 0 aliphatic heterocycles. The van der Waals surface area contributed by atoms with E-state index >= 15 is 0 Å². The van der Waals surface area contributed by atoms with Crippen LogP contribution in [0.1, 0.15) is 25.3 Å². The van der Waals surface area contributed by atoms with Crippen LogP contribution in [0.4, 0.5) is 0 Å². The first-order valence-electron chi connectivity index (χ1n) is 5.35. The van der Waals surface area contributed by atoms with Gasteiger partial charge >= 0.3 is 0 Å². The van der Waals surface area contributed by atoms with Crippen LogP contribution in [0.15, 0.2) is 24.3 Å². The van der Waals surface area contributed by atoms with E-state index in [9.17, 15) is 4.57 Å². The van der Waals surface area contributed by atoms with E-state index in [1.807, 2.05) is 31.2 Å². The summed E-state index contributed by atoms with van der Waals surface area (Å²) < 4.78 is 17.7. The van der Waals surface area contributed by atoms with E-state index in [-0.39, 0.29) is 0 Å². The third-order valence-corrected chi connectivity index (χ3v) is 4.20. The molecule has 0 bridgehead atoms. The standard InChI is InChI=1S/C12H19O2P/c1-4-5-9-14-15(3,13)12-8-6-7-11(2)10-12/h6-8,10H,4-5,9H2,1-3H3. The molecule has 0 aliphatic carbocycles. The number of hydrogen-bond donors (Lipinski definition) is 0. The molecule has 0 spiro atoms. The Hall–Kier alpha value is -0.590. The molecule has 0 saturated heterocycles. The summed E-state index contributed by atoms with van der Waals surface area (Å²) in [5.74, 6) is 0. The van der Waals surface area contributed by atoms with E-state index in [0.29, 0.717) is 6.61 Å². The normalized spacial score (nSPS) is 14.9. The van der Waals surface area contributed by atoms with Gasteiger partial charge in [0.1, 0.15) is 0 Å². The van der Waals surface area contributed by atoms with E-state index in [1.165, 1.54) is 0 Å². The van der Waals surface area contributed by atoms with E-state index in [4.69, 9.17) is 4.52 Å². The van der Waals surface area contributed by atoms with Crippen molar-refractivity contribution in [2.45, 2.75) is 26.7 Å². The van der Waals surface area contributed by atoms with E-state index in [0.717, 1.165) is 23.7 Å². The van der Waals surface area contributed by atoms with E-state index in [2.05, 4.69) is 6.92 Å². The molecule has 1 rings (SSSR count). The van der Waals surface area contributed by atoms with Crippen molar-refractivity contribution in [1.82, 2.24) is 0 Å². The van der Waals surface area contributed by atoms with Crippen molar-refractivity contribution in [1.29, 1.82) is 0 Å². The maximum absolute atomic E-state index is 12.2. The van der Waals surface area contributed by atoms with Crippen molar-refractivity contribution in [3.8, 4) is 0 Å². The van der Waals surface area contributed by atoms with Gasteiger partial charge in [-0.05, 0) is 25.5 Å². The lowest BCUT2D eigenvalue weighted by Gasteiger charge is -2.14.